The van der Waals surface area contributed by atoms with Crippen LogP contribution in [0, 0.1) is 11.3 Å². The largest absolute Gasteiger partial charge is 0.490 e. The van der Waals surface area contributed by atoms with E-state index < -0.39 is 0 Å². The van der Waals surface area contributed by atoms with E-state index in [9.17, 15) is 4.79 Å². The lowest BCUT2D eigenvalue weighted by Gasteiger charge is -2.42. The minimum absolute atomic E-state index is 0.0613. The maximum absolute atomic E-state index is 12.3. The van der Waals surface area contributed by atoms with Crippen LogP contribution in [0.25, 0.3) is 0 Å². The molecule has 14 heavy (non-hydrogen) atoms. The van der Waals surface area contributed by atoms with Gasteiger partial charge < -0.3 is 4.74 Å². The lowest BCUT2D eigenvalue weighted by molar-refractivity contribution is -0.152. The van der Waals surface area contributed by atoms with Crippen molar-refractivity contribution in [2.24, 2.45) is 11.3 Å². The molecule has 74 valence electrons. The maximum Gasteiger partial charge on any atom is 0.153 e. The lowest BCUT2D eigenvalue weighted by atomic mass is 9.70. The van der Waals surface area contributed by atoms with Crippen LogP contribution in [0.1, 0.15) is 38.5 Å². The molecule has 3 fully saturated rings. The minimum atomic E-state index is -0.0770. The molecule has 0 amide bonds. The molecule has 0 radical (unpaired) electrons. The van der Waals surface area contributed by atoms with Crippen LogP contribution in [0.3, 0.4) is 0 Å². The van der Waals surface area contributed by atoms with E-state index in [1.54, 1.807) is 0 Å². The van der Waals surface area contributed by atoms with Crippen molar-refractivity contribution in [1.29, 1.82) is 0 Å². The molecule has 3 atom stereocenters. The molecule has 0 unspecified atom stereocenters. The van der Waals surface area contributed by atoms with Crippen LogP contribution in [-0.2, 0) is 9.53 Å². The minimum Gasteiger partial charge on any atom is -0.490 e. The molecule has 2 saturated carbocycles. The molecule has 0 aromatic heterocycles. The van der Waals surface area contributed by atoms with Crippen LogP contribution in [-0.4, -0.2) is 11.4 Å². The number of fused-ring (bicyclic) bond motifs is 3. The summed E-state index contributed by atoms with van der Waals surface area (Å²) in [6, 6.07) is 0. The molecule has 4 aliphatic rings. The van der Waals surface area contributed by atoms with E-state index in [0.717, 1.165) is 37.9 Å². The second kappa shape index (κ2) is 1.93. The molecule has 2 aliphatic heterocycles. The van der Waals surface area contributed by atoms with Crippen molar-refractivity contribution >= 4 is 5.78 Å². The van der Waals surface area contributed by atoms with Gasteiger partial charge in [-0.2, -0.15) is 0 Å². The second-order valence-corrected chi connectivity index (χ2v) is 5.30. The number of carbonyl (C=O) groups is 1. The van der Waals surface area contributed by atoms with Gasteiger partial charge in [-0.25, -0.2) is 0 Å². The van der Waals surface area contributed by atoms with Crippen molar-refractivity contribution in [2.75, 3.05) is 0 Å². The summed E-state index contributed by atoms with van der Waals surface area (Å²) in [5.74, 6) is 1.68. The van der Waals surface area contributed by atoms with E-state index in [4.69, 9.17) is 4.74 Å². The van der Waals surface area contributed by atoms with Gasteiger partial charge in [0.1, 0.15) is 11.4 Å². The van der Waals surface area contributed by atoms with E-state index in [-0.39, 0.29) is 16.9 Å². The van der Waals surface area contributed by atoms with Gasteiger partial charge in [-0.05, 0) is 38.2 Å². The zero-order chi connectivity index (χ0) is 9.39. The van der Waals surface area contributed by atoms with Gasteiger partial charge in [0, 0.05) is 6.42 Å². The summed E-state index contributed by atoms with van der Waals surface area (Å²) < 4.78 is 6.10. The third-order valence-corrected chi connectivity index (χ3v) is 4.99. The van der Waals surface area contributed by atoms with Crippen LogP contribution in [0.2, 0.25) is 0 Å². The first-order valence-electron chi connectivity index (χ1n) is 5.71. The van der Waals surface area contributed by atoms with Crippen molar-refractivity contribution in [3.63, 3.8) is 0 Å². The maximum atomic E-state index is 12.3. The van der Waals surface area contributed by atoms with Gasteiger partial charge in [-0.1, -0.05) is 0 Å². The highest BCUT2D eigenvalue weighted by Gasteiger charge is 2.70. The molecular weight excluding hydrogens is 176 g/mol. The fourth-order valence-corrected chi connectivity index (χ4v) is 4.33. The predicted molar refractivity (Wildman–Crippen MR) is 50.5 cm³/mol. The van der Waals surface area contributed by atoms with Gasteiger partial charge in [0.2, 0.25) is 0 Å². The topological polar surface area (TPSA) is 26.3 Å². The number of hydrogen-bond donors (Lipinski definition) is 0. The van der Waals surface area contributed by atoms with E-state index in [2.05, 4.69) is 6.08 Å². The van der Waals surface area contributed by atoms with Gasteiger partial charge in [-0.3, -0.25) is 4.79 Å². The number of rotatable bonds is 0. The standard InChI is InChI=1S/C12H14O2/c13-10-8-2-6-11(10)4-1-5-12(11)7-3-9(8)14-12/h3,8H,1-2,4-7H2/t8-,11-,12+/m0/s1. The van der Waals surface area contributed by atoms with Gasteiger partial charge in [0.05, 0.1) is 11.3 Å². The number of Topliss-reactive ketones (excluding diaryl/α,β-unsaturated/α-hetero) is 1. The lowest BCUT2D eigenvalue weighted by Crippen LogP contribution is -2.50. The summed E-state index contributed by atoms with van der Waals surface area (Å²) in [6.45, 7) is 0. The quantitative estimate of drug-likeness (QED) is 0.585. The van der Waals surface area contributed by atoms with Gasteiger partial charge in [0.15, 0.2) is 5.78 Å². The number of hydrogen-bond acceptors (Lipinski definition) is 2. The van der Waals surface area contributed by atoms with Crippen molar-refractivity contribution in [2.45, 2.75) is 44.1 Å². The molecule has 2 heteroatoms. The molecular formula is C12H14O2. The number of ether oxygens (including phenoxy) is 1. The Morgan fingerprint density at radius 2 is 2.29 bits per heavy atom. The zero-order valence-corrected chi connectivity index (χ0v) is 8.21. The van der Waals surface area contributed by atoms with Crippen molar-refractivity contribution in [3.8, 4) is 0 Å². The molecule has 2 heterocycles. The summed E-state index contributed by atoms with van der Waals surface area (Å²) in [4.78, 5) is 12.3. The fourth-order valence-electron chi connectivity index (χ4n) is 4.33. The Bertz CT molecular complexity index is 371. The first-order chi connectivity index (χ1) is 6.78. The molecule has 2 spiro atoms. The Morgan fingerprint density at radius 1 is 1.36 bits per heavy atom. The number of allylic oxidation sites excluding steroid dienone is 1. The van der Waals surface area contributed by atoms with E-state index in [1.807, 2.05) is 0 Å². The average molecular weight is 190 g/mol. The van der Waals surface area contributed by atoms with Crippen molar-refractivity contribution in [3.05, 3.63) is 11.8 Å². The highest BCUT2D eigenvalue weighted by atomic mass is 16.5. The van der Waals surface area contributed by atoms with E-state index in [0.29, 0.717) is 5.78 Å². The molecule has 2 nitrogen and oxygen atoms in total. The summed E-state index contributed by atoms with van der Waals surface area (Å²) in [5, 5.41) is 0. The van der Waals surface area contributed by atoms with Crippen molar-refractivity contribution < 1.29 is 9.53 Å². The Morgan fingerprint density at radius 3 is 3.21 bits per heavy atom. The SMILES string of the molecule is O=C1[C@H]2CC[C@@]13CCC[C@@]31CC=C2O1. The third-order valence-electron chi connectivity index (χ3n) is 4.99. The summed E-state index contributed by atoms with van der Waals surface area (Å²) in [5.41, 5.74) is -0.138. The first kappa shape index (κ1) is 7.49. The second-order valence-electron chi connectivity index (χ2n) is 5.30. The Hall–Kier alpha value is -0.790. The monoisotopic (exact) mass is 190 g/mol. The molecule has 0 aromatic carbocycles. The van der Waals surface area contributed by atoms with E-state index in [1.165, 1.54) is 6.42 Å². The fraction of sp³-hybridized carbons (Fsp3) is 0.750. The molecule has 0 aromatic rings. The molecule has 1 saturated heterocycles. The van der Waals surface area contributed by atoms with Gasteiger partial charge in [0.25, 0.3) is 0 Å². The van der Waals surface area contributed by atoms with Crippen LogP contribution < -0.4 is 0 Å². The van der Waals surface area contributed by atoms with Crippen LogP contribution in [0.15, 0.2) is 11.8 Å². The number of ketones is 1. The normalized spacial score (nSPS) is 53.0. The Balaban J connectivity index is 1.99. The highest BCUT2D eigenvalue weighted by molar-refractivity contribution is 5.94. The molecule has 4 bridgehead atoms. The summed E-state index contributed by atoms with van der Waals surface area (Å²) >= 11 is 0. The molecule has 4 rings (SSSR count). The van der Waals surface area contributed by atoms with Crippen LogP contribution in [0.4, 0.5) is 0 Å². The smallest absolute Gasteiger partial charge is 0.153 e. The van der Waals surface area contributed by atoms with Crippen molar-refractivity contribution in [1.82, 2.24) is 0 Å². The third kappa shape index (κ3) is 0.524. The predicted octanol–water partition coefficient (Wildman–Crippen LogP) is 2.19. The van der Waals surface area contributed by atoms with E-state index >= 15 is 0 Å². The Kier molecular flexibility index (Phi) is 1.03. The average Bonchev–Trinajstić information content (AvgIpc) is 2.78. The zero-order valence-electron chi connectivity index (χ0n) is 8.21. The van der Waals surface area contributed by atoms with Crippen LogP contribution in [0.5, 0.6) is 0 Å². The number of carbonyl (C=O) groups excluding carboxylic acids is 1. The highest BCUT2D eigenvalue weighted by Crippen LogP contribution is 2.66. The van der Waals surface area contributed by atoms with Crippen LogP contribution >= 0.6 is 0 Å². The molecule has 0 N–H and O–H groups in total. The summed E-state index contributed by atoms with van der Waals surface area (Å²) in [6.07, 6.45) is 8.70. The molecule has 2 aliphatic carbocycles. The summed E-state index contributed by atoms with van der Waals surface area (Å²) in [7, 11) is 0. The first-order valence-corrected chi connectivity index (χ1v) is 5.71. The van der Waals surface area contributed by atoms with Gasteiger partial charge >= 0.3 is 0 Å². The van der Waals surface area contributed by atoms with Gasteiger partial charge in [-0.15, -0.1) is 0 Å². The Labute approximate surface area is 83.3 Å².